The first kappa shape index (κ1) is 20.2. The largest absolute Gasteiger partial charge is 0.422 e. The van der Waals surface area contributed by atoms with Crippen LogP contribution in [0.4, 0.5) is 11.5 Å². The fraction of sp³-hybridized carbons (Fsp3) is 0.294. The molecule has 1 aromatic heterocycles. The van der Waals surface area contributed by atoms with Crippen LogP contribution in [0.25, 0.3) is 0 Å². The predicted molar refractivity (Wildman–Crippen MR) is 101 cm³/mol. The zero-order chi connectivity index (χ0) is 21.5. The van der Waals surface area contributed by atoms with E-state index in [4.69, 9.17) is 27.4 Å². The van der Waals surface area contributed by atoms with Crippen LogP contribution >= 0.6 is 12.2 Å². The van der Waals surface area contributed by atoms with Crippen LogP contribution < -0.4 is 11.3 Å². The Morgan fingerprint density at radius 1 is 1.21 bits per heavy atom. The van der Waals surface area contributed by atoms with Crippen LogP contribution in [0.15, 0.2) is 29.1 Å². The highest BCUT2D eigenvalue weighted by Crippen LogP contribution is 2.39. The lowest BCUT2D eigenvalue weighted by Crippen LogP contribution is -2.49. The van der Waals surface area contributed by atoms with Crippen molar-refractivity contribution < 1.29 is 24.0 Å². The van der Waals surface area contributed by atoms with Gasteiger partial charge in [0.15, 0.2) is 10.7 Å². The van der Waals surface area contributed by atoms with Gasteiger partial charge in [-0.2, -0.15) is 0 Å². The second-order valence-electron chi connectivity index (χ2n) is 6.79. The zero-order valence-corrected chi connectivity index (χ0v) is 16.1. The third kappa shape index (κ3) is 3.87. The molecule has 1 aliphatic rings. The molecular formula is C17H16N4O7S. The van der Waals surface area contributed by atoms with Gasteiger partial charge in [0.2, 0.25) is 0 Å². The van der Waals surface area contributed by atoms with Crippen molar-refractivity contribution >= 4 is 35.7 Å². The number of non-ortho nitro benzene ring substituents is 1. The maximum Gasteiger partial charge on any atom is 0.324 e. The van der Waals surface area contributed by atoms with Crippen molar-refractivity contribution in [2.75, 3.05) is 5.73 Å². The molecule has 1 saturated heterocycles. The summed E-state index contributed by atoms with van der Waals surface area (Å²) in [5.41, 5.74) is 4.80. The van der Waals surface area contributed by atoms with Crippen molar-refractivity contribution in [2.24, 2.45) is 5.92 Å². The summed E-state index contributed by atoms with van der Waals surface area (Å²) in [6, 6.07) is 5.16. The van der Waals surface area contributed by atoms with Gasteiger partial charge in [-0.3, -0.25) is 29.5 Å². The summed E-state index contributed by atoms with van der Waals surface area (Å²) in [6.45, 7) is 2.75. The summed E-state index contributed by atoms with van der Waals surface area (Å²) in [4.78, 5) is 53.4. The average Bonchev–Trinajstić information content (AvgIpc) is 2.58. The monoisotopic (exact) mass is 420 g/mol. The molecule has 11 nitrogen and oxygen atoms in total. The topological polar surface area (TPSA) is 170 Å². The number of hydrogen-bond acceptors (Lipinski definition) is 9. The lowest BCUT2D eigenvalue weighted by molar-refractivity contribution is -0.384. The number of benzene rings is 1. The number of aromatic amines is 2. The predicted octanol–water partition coefficient (Wildman–Crippen LogP) is 1.51. The SMILES string of the molecule is CC1(C)OC(=O)C(C(c2cccc([N+](=O)[O-])c2)c2c(N)[nH]c(=S)[nH]c2=O)C(=O)O1. The highest BCUT2D eigenvalue weighted by Gasteiger charge is 2.49. The molecule has 152 valence electrons. The number of nitrogens with one attached hydrogen (secondary N) is 2. The van der Waals surface area contributed by atoms with Crippen molar-refractivity contribution in [3.05, 3.63) is 60.6 Å². The van der Waals surface area contributed by atoms with Crippen molar-refractivity contribution in [3.8, 4) is 0 Å². The molecule has 0 saturated carbocycles. The van der Waals surface area contributed by atoms with Gasteiger partial charge >= 0.3 is 11.9 Å². The first-order chi connectivity index (χ1) is 13.5. The van der Waals surface area contributed by atoms with Crippen molar-refractivity contribution in [3.63, 3.8) is 0 Å². The summed E-state index contributed by atoms with van der Waals surface area (Å²) in [7, 11) is 0. The second kappa shape index (κ2) is 7.13. The Kier molecular flexibility index (Phi) is 4.96. The Morgan fingerprint density at radius 2 is 1.83 bits per heavy atom. The summed E-state index contributed by atoms with van der Waals surface area (Å²) in [6.07, 6.45) is 0. The first-order valence-corrected chi connectivity index (χ1v) is 8.73. The molecule has 3 rings (SSSR count). The minimum Gasteiger partial charge on any atom is -0.422 e. The second-order valence-corrected chi connectivity index (χ2v) is 7.19. The maximum atomic E-state index is 12.7. The number of esters is 2. The molecule has 0 aliphatic carbocycles. The molecule has 1 unspecified atom stereocenters. The Bertz CT molecular complexity index is 1120. The maximum absolute atomic E-state index is 12.7. The molecule has 29 heavy (non-hydrogen) atoms. The van der Waals surface area contributed by atoms with E-state index in [0.717, 1.165) is 6.07 Å². The van der Waals surface area contributed by atoms with Gasteiger partial charge in [-0.05, 0) is 17.8 Å². The van der Waals surface area contributed by atoms with E-state index < -0.39 is 40.0 Å². The van der Waals surface area contributed by atoms with E-state index >= 15 is 0 Å². The number of carbonyl (C=O) groups excluding carboxylic acids is 2. The number of nitro benzene ring substituents is 1. The summed E-state index contributed by atoms with van der Waals surface area (Å²) >= 11 is 4.87. The molecule has 1 atom stereocenters. The fourth-order valence-electron chi connectivity index (χ4n) is 3.18. The van der Waals surface area contributed by atoms with Crippen LogP contribution in [0, 0.1) is 20.8 Å². The molecule has 0 bridgehead atoms. The lowest BCUT2D eigenvalue weighted by Gasteiger charge is -2.36. The van der Waals surface area contributed by atoms with E-state index in [1.807, 2.05) is 0 Å². The number of nitrogens with zero attached hydrogens (tertiary/aromatic N) is 1. The number of nitrogen functional groups attached to an aromatic ring is 1. The number of anilines is 1. The quantitative estimate of drug-likeness (QED) is 0.218. The molecule has 4 N–H and O–H groups in total. The fourth-order valence-corrected chi connectivity index (χ4v) is 3.38. The molecule has 1 aliphatic heterocycles. The smallest absolute Gasteiger partial charge is 0.324 e. The number of cyclic esters (lactones) is 2. The van der Waals surface area contributed by atoms with Gasteiger partial charge in [-0.1, -0.05) is 12.1 Å². The summed E-state index contributed by atoms with van der Waals surface area (Å²) in [5.74, 6) is -6.53. The first-order valence-electron chi connectivity index (χ1n) is 8.32. The Morgan fingerprint density at radius 3 is 2.38 bits per heavy atom. The molecule has 1 fully saturated rings. The van der Waals surface area contributed by atoms with E-state index in [2.05, 4.69) is 9.97 Å². The number of nitrogens with two attached hydrogens (primary N) is 1. The molecule has 0 radical (unpaired) electrons. The molecular weight excluding hydrogens is 404 g/mol. The Balaban J connectivity index is 2.26. The number of nitro groups is 1. The van der Waals surface area contributed by atoms with Gasteiger partial charge in [-0.15, -0.1) is 0 Å². The van der Waals surface area contributed by atoms with Gasteiger partial charge < -0.3 is 20.2 Å². The number of hydrogen-bond donors (Lipinski definition) is 3. The zero-order valence-electron chi connectivity index (χ0n) is 15.3. The normalized spacial score (nSPS) is 17.3. The molecule has 2 heterocycles. The van der Waals surface area contributed by atoms with Crippen LogP contribution in [0.3, 0.4) is 0 Å². The van der Waals surface area contributed by atoms with Gasteiger partial charge in [0.1, 0.15) is 5.82 Å². The summed E-state index contributed by atoms with van der Waals surface area (Å²) < 4.78 is 10.3. The van der Waals surface area contributed by atoms with Crippen LogP contribution in [0.2, 0.25) is 0 Å². The van der Waals surface area contributed by atoms with Crippen LogP contribution in [-0.2, 0) is 19.1 Å². The van der Waals surface area contributed by atoms with Crippen molar-refractivity contribution in [1.29, 1.82) is 0 Å². The van der Waals surface area contributed by atoms with Gasteiger partial charge in [0.25, 0.3) is 17.0 Å². The Labute approximate surface area is 168 Å². The van der Waals surface area contributed by atoms with E-state index in [1.54, 1.807) is 0 Å². The molecule has 12 heteroatoms. The van der Waals surface area contributed by atoms with Gasteiger partial charge in [-0.25, -0.2) is 0 Å². The molecule has 0 spiro atoms. The van der Waals surface area contributed by atoms with Crippen LogP contribution in [0.5, 0.6) is 0 Å². The van der Waals surface area contributed by atoms with Crippen LogP contribution in [0.1, 0.15) is 30.9 Å². The number of ether oxygens (including phenoxy) is 2. The Hall–Kier alpha value is -3.54. The average molecular weight is 420 g/mol. The highest BCUT2D eigenvalue weighted by molar-refractivity contribution is 7.71. The third-order valence-corrected chi connectivity index (χ3v) is 4.50. The number of H-pyrrole nitrogens is 2. The lowest BCUT2D eigenvalue weighted by atomic mass is 9.80. The highest BCUT2D eigenvalue weighted by atomic mass is 32.1. The van der Waals surface area contributed by atoms with E-state index in [9.17, 15) is 24.5 Å². The van der Waals surface area contributed by atoms with E-state index in [-0.39, 0.29) is 27.4 Å². The van der Waals surface area contributed by atoms with Gasteiger partial charge in [0.05, 0.1) is 10.5 Å². The third-order valence-electron chi connectivity index (χ3n) is 4.30. The standard InChI is InChI=1S/C17H16N4O7S/c1-17(2)27-14(23)11(15(24)28-17)9(7-4-3-5-8(6-7)21(25)26)10-12(18)19-16(29)20-13(10)22/h3-6,9,11H,1-2H3,(H4,18,19,20,22,29). The number of aromatic nitrogens is 2. The van der Waals surface area contributed by atoms with Crippen molar-refractivity contribution in [2.45, 2.75) is 25.6 Å². The number of rotatable bonds is 4. The van der Waals surface area contributed by atoms with E-state index in [1.165, 1.54) is 32.0 Å². The summed E-state index contributed by atoms with van der Waals surface area (Å²) in [5, 5.41) is 11.2. The van der Waals surface area contributed by atoms with E-state index in [0.29, 0.717) is 0 Å². The molecule has 2 aromatic rings. The minimum absolute atomic E-state index is 0.0658. The number of carbonyl (C=O) groups is 2. The van der Waals surface area contributed by atoms with Crippen LogP contribution in [-0.4, -0.2) is 32.6 Å². The molecule has 0 amide bonds. The van der Waals surface area contributed by atoms with Gasteiger partial charge in [0, 0.05) is 31.9 Å². The molecule has 1 aromatic carbocycles. The minimum atomic E-state index is -1.61. The van der Waals surface area contributed by atoms with Crippen molar-refractivity contribution in [1.82, 2.24) is 9.97 Å².